The molecule has 0 bridgehead atoms. The van der Waals surface area contributed by atoms with Gasteiger partial charge in [0.25, 0.3) is 0 Å². The summed E-state index contributed by atoms with van der Waals surface area (Å²) in [6.45, 7) is 8.76. The van der Waals surface area contributed by atoms with Gasteiger partial charge in [0.2, 0.25) is 0 Å². The van der Waals surface area contributed by atoms with Gasteiger partial charge >= 0.3 is 0 Å². The van der Waals surface area contributed by atoms with Gasteiger partial charge < -0.3 is 0 Å². The maximum absolute atomic E-state index is 13.0. The van der Waals surface area contributed by atoms with Gasteiger partial charge in [0.1, 0.15) is 0 Å². The van der Waals surface area contributed by atoms with E-state index >= 15 is 0 Å². The molecule has 0 fully saturated rings. The number of hydrogen-bond acceptors (Lipinski definition) is 1. The van der Waals surface area contributed by atoms with Crippen molar-refractivity contribution in [1.82, 2.24) is 0 Å². The Morgan fingerprint density at radius 1 is 0.657 bits per heavy atom. The molecular weight excluding hydrogens is 424 g/mol. The second-order valence-corrected chi connectivity index (χ2v) is 10.1. The monoisotopic (exact) mass is 474 g/mol. The molecule has 0 spiro atoms. The van der Waals surface area contributed by atoms with Gasteiger partial charge in [0.15, 0.2) is 5.78 Å². The van der Waals surface area contributed by atoms with Gasteiger partial charge in [0.05, 0.1) is 0 Å². The number of unbranched alkanes of at least 4 members (excludes halogenated alkanes) is 10. The quantitative estimate of drug-likeness (QED) is 0.119. The van der Waals surface area contributed by atoms with E-state index < -0.39 is 0 Å². The van der Waals surface area contributed by atoms with Crippen LogP contribution >= 0.6 is 0 Å². The van der Waals surface area contributed by atoms with Crippen molar-refractivity contribution in [3.8, 4) is 0 Å². The van der Waals surface area contributed by atoms with E-state index in [4.69, 9.17) is 0 Å². The van der Waals surface area contributed by atoms with Crippen molar-refractivity contribution in [3.63, 3.8) is 0 Å². The summed E-state index contributed by atoms with van der Waals surface area (Å²) in [6, 6.07) is 13.1. The van der Waals surface area contributed by atoms with E-state index in [9.17, 15) is 4.79 Å². The average Bonchev–Trinajstić information content (AvgIpc) is 2.90. The van der Waals surface area contributed by atoms with Crippen LogP contribution in [0.2, 0.25) is 0 Å². The lowest BCUT2D eigenvalue weighted by molar-refractivity contribution is 0.104. The van der Waals surface area contributed by atoms with Gasteiger partial charge in [-0.25, -0.2) is 0 Å². The van der Waals surface area contributed by atoms with Gasteiger partial charge in [-0.3, -0.25) is 4.79 Å². The third kappa shape index (κ3) is 10.6. The summed E-state index contributed by atoms with van der Waals surface area (Å²) in [5.41, 5.74) is 7.16. The molecule has 0 aliphatic heterocycles. The Labute approximate surface area is 216 Å². The number of rotatable bonds is 18. The lowest BCUT2D eigenvalue weighted by Gasteiger charge is -2.13. The number of carbonyl (C=O) groups is 1. The van der Waals surface area contributed by atoms with E-state index in [-0.39, 0.29) is 5.78 Å². The fourth-order valence-electron chi connectivity index (χ4n) is 5.01. The van der Waals surface area contributed by atoms with Crippen molar-refractivity contribution in [2.75, 3.05) is 0 Å². The summed E-state index contributed by atoms with van der Waals surface area (Å²) in [6.07, 6.45) is 23.0. The minimum atomic E-state index is 0.122. The highest BCUT2D eigenvalue weighted by molar-refractivity contribution is 6.08. The summed E-state index contributed by atoms with van der Waals surface area (Å²) in [7, 11) is 0. The Morgan fingerprint density at radius 2 is 1.26 bits per heavy atom. The first-order chi connectivity index (χ1) is 17.1. The van der Waals surface area contributed by atoms with Crippen LogP contribution in [0, 0.1) is 0 Å². The molecule has 35 heavy (non-hydrogen) atoms. The molecule has 1 heteroatoms. The fourth-order valence-corrected chi connectivity index (χ4v) is 5.01. The molecule has 0 saturated heterocycles. The van der Waals surface area contributed by atoms with Crippen LogP contribution < -0.4 is 0 Å². The van der Waals surface area contributed by atoms with Crippen LogP contribution in [0.4, 0.5) is 0 Å². The lowest BCUT2D eigenvalue weighted by Crippen LogP contribution is -2.05. The van der Waals surface area contributed by atoms with E-state index in [1.165, 1.54) is 92.9 Å². The summed E-state index contributed by atoms with van der Waals surface area (Å²) in [5.74, 6) is 0.122. The minimum absolute atomic E-state index is 0.122. The van der Waals surface area contributed by atoms with Gasteiger partial charge in [-0.2, -0.15) is 0 Å². The van der Waals surface area contributed by atoms with Crippen molar-refractivity contribution < 1.29 is 4.79 Å². The molecule has 2 aromatic carbocycles. The average molecular weight is 475 g/mol. The van der Waals surface area contributed by atoms with E-state index in [0.717, 1.165) is 36.8 Å². The van der Waals surface area contributed by atoms with Crippen LogP contribution in [-0.2, 0) is 25.7 Å². The molecule has 1 nitrogen and oxygen atoms in total. The molecule has 0 saturated carbocycles. The molecule has 2 aromatic rings. The minimum Gasteiger partial charge on any atom is -0.289 e. The second-order valence-electron chi connectivity index (χ2n) is 10.1. The van der Waals surface area contributed by atoms with E-state index in [2.05, 4.69) is 64.1 Å². The third-order valence-electron chi connectivity index (χ3n) is 7.29. The van der Waals surface area contributed by atoms with Crippen molar-refractivity contribution in [2.24, 2.45) is 0 Å². The number of ketones is 1. The number of carbonyl (C=O) groups excluding carboxylic acids is 1. The van der Waals surface area contributed by atoms with Gasteiger partial charge in [-0.05, 0) is 72.1 Å². The van der Waals surface area contributed by atoms with Crippen LogP contribution in [0.1, 0.15) is 136 Å². The maximum atomic E-state index is 13.0. The van der Waals surface area contributed by atoms with Gasteiger partial charge in [-0.1, -0.05) is 128 Å². The fraction of sp³-hybridized carbons (Fsp3) is 0.559. The topological polar surface area (TPSA) is 17.1 Å². The molecule has 192 valence electrons. The smallest absolute Gasteiger partial charge is 0.186 e. The first-order valence-corrected chi connectivity index (χ1v) is 14.6. The molecular formula is C34H50O. The Kier molecular flexibility index (Phi) is 14.4. The zero-order valence-corrected chi connectivity index (χ0v) is 23.1. The Morgan fingerprint density at radius 3 is 1.80 bits per heavy atom. The molecule has 0 aliphatic rings. The Bertz CT molecular complexity index is 888. The van der Waals surface area contributed by atoms with Crippen molar-refractivity contribution in [1.29, 1.82) is 0 Å². The largest absolute Gasteiger partial charge is 0.289 e. The molecule has 0 unspecified atom stereocenters. The lowest BCUT2D eigenvalue weighted by atomic mass is 9.91. The molecule has 0 radical (unpaired) electrons. The SMILES string of the molecule is CCCCCCCCCCCCCc1ccc(C=CC(=O)c2cc(CC)cc(CC)c2CC)cc1. The Hall–Kier alpha value is -2.15. The predicted molar refractivity (Wildman–Crippen MR) is 155 cm³/mol. The van der Waals surface area contributed by atoms with Crippen LogP contribution in [0.15, 0.2) is 42.5 Å². The molecule has 0 atom stereocenters. The number of allylic oxidation sites excluding steroid dienone is 1. The van der Waals surface area contributed by atoms with E-state index in [0.29, 0.717) is 0 Å². The van der Waals surface area contributed by atoms with Crippen LogP contribution in [0.25, 0.3) is 6.08 Å². The standard InChI is InChI=1S/C34H50O/c1-5-9-10-11-12-13-14-15-16-17-18-19-29-20-22-30(23-21-29)24-25-34(35)33-27-28(6-2)26-31(7-3)32(33)8-4/h20-27H,5-19H2,1-4H3. The zero-order valence-electron chi connectivity index (χ0n) is 23.1. The molecule has 0 N–H and O–H groups in total. The van der Waals surface area contributed by atoms with Gasteiger partial charge in [0, 0.05) is 5.56 Å². The van der Waals surface area contributed by atoms with Crippen molar-refractivity contribution >= 4 is 11.9 Å². The summed E-state index contributed by atoms with van der Waals surface area (Å²) >= 11 is 0. The highest BCUT2D eigenvalue weighted by Gasteiger charge is 2.13. The van der Waals surface area contributed by atoms with Crippen LogP contribution in [-0.4, -0.2) is 5.78 Å². The summed E-state index contributed by atoms with van der Waals surface area (Å²) in [5, 5.41) is 0. The maximum Gasteiger partial charge on any atom is 0.186 e. The Balaban J connectivity index is 1.76. The third-order valence-corrected chi connectivity index (χ3v) is 7.29. The summed E-state index contributed by atoms with van der Waals surface area (Å²) in [4.78, 5) is 13.0. The van der Waals surface area contributed by atoms with E-state index in [1.807, 2.05) is 6.08 Å². The van der Waals surface area contributed by atoms with Crippen molar-refractivity contribution in [3.05, 3.63) is 75.9 Å². The number of benzene rings is 2. The molecule has 0 heterocycles. The van der Waals surface area contributed by atoms with Crippen LogP contribution in [0.3, 0.4) is 0 Å². The predicted octanol–water partition coefficient (Wildman–Crippen LogP) is 10.1. The van der Waals surface area contributed by atoms with Crippen LogP contribution in [0.5, 0.6) is 0 Å². The zero-order chi connectivity index (χ0) is 25.3. The first-order valence-electron chi connectivity index (χ1n) is 14.6. The molecule has 0 amide bonds. The highest BCUT2D eigenvalue weighted by Crippen LogP contribution is 2.22. The summed E-state index contributed by atoms with van der Waals surface area (Å²) < 4.78 is 0. The van der Waals surface area contributed by atoms with Gasteiger partial charge in [-0.15, -0.1) is 0 Å². The van der Waals surface area contributed by atoms with E-state index in [1.54, 1.807) is 6.08 Å². The molecule has 0 aliphatic carbocycles. The van der Waals surface area contributed by atoms with Crippen molar-refractivity contribution in [2.45, 2.75) is 124 Å². The number of hydrogen-bond donors (Lipinski definition) is 0. The molecule has 0 aromatic heterocycles. The molecule has 2 rings (SSSR count). The normalized spacial score (nSPS) is 11.4. The number of aryl methyl sites for hydroxylation is 3. The highest BCUT2D eigenvalue weighted by atomic mass is 16.1. The second kappa shape index (κ2) is 17.3. The first kappa shape index (κ1) is 29.1.